The van der Waals surface area contributed by atoms with Gasteiger partial charge in [-0.05, 0) is 41.5 Å². The Kier molecular flexibility index (Phi) is 6.89. The zero-order chi connectivity index (χ0) is 21.6. The highest BCUT2D eigenvalue weighted by molar-refractivity contribution is 7.99. The van der Waals surface area contributed by atoms with Gasteiger partial charge in [-0.25, -0.2) is 0 Å². The first kappa shape index (κ1) is 21.4. The van der Waals surface area contributed by atoms with Crippen LogP contribution in [-0.4, -0.2) is 26.4 Å². The van der Waals surface area contributed by atoms with Gasteiger partial charge in [-0.1, -0.05) is 79.2 Å². The molecule has 1 amide bonds. The summed E-state index contributed by atoms with van der Waals surface area (Å²) < 4.78 is 1.97. The van der Waals surface area contributed by atoms with Gasteiger partial charge in [0.15, 0.2) is 11.0 Å². The molecule has 0 aliphatic carbocycles. The number of thioether (sulfide) groups is 1. The smallest absolute Gasteiger partial charge is 0.252 e. The number of hydrogen-bond donors (Lipinski definition) is 1. The van der Waals surface area contributed by atoms with E-state index >= 15 is 0 Å². The SMILES string of the molecule is CCCCSc1nnc(CNC(=O)c2cccc3ccccc23)n1-c1cccc(Cl)c1. The van der Waals surface area contributed by atoms with Gasteiger partial charge in [0, 0.05) is 16.3 Å². The molecule has 0 saturated carbocycles. The fraction of sp³-hybridized carbons (Fsp3) is 0.208. The minimum Gasteiger partial charge on any atom is -0.345 e. The summed E-state index contributed by atoms with van der Waals surface area (Å²) in [7, 11) is 0. The van der Waals surface area contributed by atoms with Crippen molar-refractivity contribution in [2.24, 2.45) is 0 Å². The topological polar surface area (TPSA) is 59.8 Å². The van der Waals surface area contributed by atoms with Gasteiger partial charge in [0.2, 0.25) is 0 Å². The molecule has 3 aromatic carbocycles. The number of halogens is 1. The summed E-state index contributed by atoms with van der Waals surface area (Å²) in [5.41, 5.74) is 1.52. The maximum atomic E-state index is 13.0. The molecule has 0 aliphatic rings. The third kappa shape index (κ3) is 4.92. The van der Waals surface area contributed by atoms with E-state index in [-0.39, 0.29) is 12.5 Å². The summed E-state index contributed by atoms with van der Waals surface area (Å²) in [6, 6.07) is 21.2. The van der Waals surface area contributed by atoms with Gasteiger partial charge in [-0.15, -0.1) is 10.2 Å². The molecule has 158 valence electrons. The number of benzene rings is 3. The third-order valence-corrected chi connectivity index (χ3v) is 6.19. The number of carbonyl (C=O) groups excluding carboxylic acids is 1. The van der Waals surface area contributed by atoms with Crippen LogP contribution in [0.25, 0.3) is 16.5 Å². The van der Waals surface area contributed by atoms with E-state index in [9.17, 15) is 4.79 Å². The molecule has 7 heteroatoms. The maximum Gasteiger partial charge on any atom is 0.252 e. The number of carbonyl (C=O) groups is 1. The molecule has 1 heterocycles. The van der Waals surface area contributed by atoms with Crippen molar-refractivity contribution in [3.8, 4) is 5.69 Å². The molecule has 4 rings (SSSR count). The molecule has 0 unspecified atom stereocenters. The largest absolute Gasteiger partial charge is 0.345 e. The van der Waals surface area contributed by atoms with Gasteiger partial charge in [-0.2, -0.15) is 0 Å². The molecule has 31 heavy (non-hydrogen) atoms. The lowest BCUT2D eigenvalue weighted by atomic mass is 10.0. The Balaban J connectivity index is 1.60. The standard InChI is InChI=1S/C24H23ClN4OS/c1-2-3-14-31-24-28-27-22(29(24)19-11-7-10-18(25)15-19)16-26-23(30)21-13-6-9-17-8-4-5-12-20(17)21/h4-13,15H,2-3,14,16H2,1H3,(H,26,30). The van der Waals surface area contributed by atoms with Crippen molar-refractivity contribution < 1.29 is 4.79 Å². The number of amides is 1. The molecule has 0 fully saturated rings. The van der Waals surface area contributed by atoms with Crippen molar-refractivity contribution in [3.63, 3.8) is 0 Å². The Hall–Kier alpha value is -2.83. The molecule has 1 N–H and O–H groups in total. The molecule has 1 aromatic heterocycles. The van der Waals surface area contributed by atoms with Crippen LogP contribution in [0.5, 0.6) is 0 Å². The Labute approximate surface area is 190 Å². The lowest BCUT2D eigenvalue weighted by Gasteiger charge is -2.12. The fourth-order valence-corrected chi connectivity index (χ4v) is 4.61. The normalized spacial score (nSPS) is 11.0. The number of hydrogen-bond acceptors (Lipinski definition) is 4. The zero-order valence-electron chi connectivity index (χ0n) is 17.2. The van der Waals surface area contributed by atoms with Crippen LogP contribution >= 0.6 is 23.4 Å². The minimum atomic E-state index is -0.141. The first-order valence-electron chi connectivity index (χ1n) is 10.3. The van der Waals surface area contributed by atoms with Crippen molar-refractivity contribution in [1.29, 1.82) is 0 Å². The Morgan fingerprint density at radius 1 is 1.06 bits per heavy atom. The second-order valence-corrected chi connectivity index (χ2v) is 8.62. The molecule has 0 spiro atoms. The number of nitrogens with zero attached hydrogens (tertiary/aromatic N) is 3. The van der Waals surface area contributed by atoms with Crippen molar-refractivity contribution in [1.82, 2.24) is 20.1 Å². The van der Waals surface area contributed by atoms with Crippen molar-refractivity contribution in [2.75, 3.05) is 5.75 Å². The van der Waals surface area contributed by atoms with Crippen molar-refractivity contribution in [3.05, 3.63) is 83.1 Å². The summed E-state index contributed by atoms with van der Waals surface area (Å²) in [6.07, 6.45) is 2.21. The van der Waals surface area contributed by atoms with E-state index in [0.717, 1.165) is 40.2 Å². The van der Waals surface area contributed by atoms with Gasteiger partial charge in [-0.3, -0.25) is 9.36 Å². The van der Waals surface area contributed by atoms with Crippen LogP contribution in [0.3, 0.4) is 0 Å². The first-order chi connectivity index (χ1) is 15.2. The summed E-state index contributed by atoms with van der Waals surface area (Å²) in [4.78, 5) is 13.0. The van der Waals surface area contributed by atoms with Gasteiger partial charge in [0.05, 0.1) is 12.2 Å². The maximum absolute atomic E-state index is 13.0. The molecule has 0 atom stereocenters. The van der Waals surface area contributed by atoms with E-state index in [2.05, 4.69) is 22.4 Å². The summed E-state index contributed by atoms with van der Waals surface area (Å²) in [6.45, 7) is 2.42. The van der Waals surface area contributed by atoms with E-state index in [4.69, 9.17) is 11.6 Å². The average molecular weight is 451 g/mol. The second kappa shape index (κ2) is 9.98. The number of rotatable bonds is 8. The molecule has 4 aromatic rings. The van der Waals surface area contributed by atoms with E-state index in [1.54, 1.807) is 11.8 Å². The molecular formula is C24H23ClN4OS. The summed E-state index contributed by atoms with van der Waals surface area (Å²) in [5, 5.41) is 15.1. The zero-order valence-corrected chi connectivity index (χ0v) is 18.8. The molecule has 0 bridgehead atoms. The van der Waals surface area contributed by atoms with Crippen molar-refractivity contribution in [2.45, 2.75) is 31.5 Å². The van der Waals surface area contributed by atoms with Crippen LogP contribution < -0.4 is 5.32 Å². The van der Waals surface area contributed by atoms with Gasteiger partial charge in [0.1, 0.15) is 0 Å². The fourth-order valence-electron chi connectivity index (χ4n) is 3.37. The second-order valence-electron chi connectivity index (χ2n) is 7.13. The van der Waals surface area contributed by atoms with Gasteiger partial charge in [0.25, 0.3) is 5.91 Å². The quantitative estimate of drug-likeness (QED) is 0.268. The predicted octanol–water partition coefficient (Wildman–Crippen LogP) is 5.90. The Bertz CT molecular complexity index is 1200. The Morgan fingerprint density at radius 2 is 1.87 bits per heavy atom. The molecular weight excluding hydrogens is 428 g/mol. The lowest BCUT2D eigenvalue weighted by Crippen LogP contribution is -2.25. The van der Waals surface area contributed by atoms with E-state index in [1.807, 2.05) is 71.3 Å². The number of nitrogens with one attached hydrogen (secondary N) is 1. The number of unbranched alkanes of at least 4 members (excludes halogenated alkanes) is 1. The van der Waals surface area contributed by atoms with Crippen LogP contribution in [0.4, 0.5) is 0 Å². The average Bonchev–Trinajstić information content (AvgIpc) is 3.20. The van der Waals surface area contributed by atoms with Gasteiger partial charge < -0.3 is 5.32 Å². The molecule has 0 radical (unpaired) electrons. The van der Waals surface area contributed by atoms with E-state index < -0.39 is 0 Å². The molecule has 5 nitrogen and oxygen atoms in total. The van der Waals surface area contributed by atoms with Crippen LogP contribution in [0, 0.1) is 0 Å². The van der Waals surface area contributed by atoms with Crippen molar-refractivity contribution >= 4 is 40.0 Å². The highest BCUT2D eigenvalue weighted by Gasteiger charge is 2.17. The highest BCUT2D eigenvalue weighted by Crippen LogP contribution is 2.25. The summed E-state index contributed by atoms with van der Waals surface area (Å²) >= 11 is 7.88. The minimum absolute atomic E-state index is 0.141. The van der Waals surface area contributed by atoms with Crippen LogP contribution in [0.2, 0.25) is 5.02 Å². The van der Waals surface area contributed by atoms with E-state index in [1.165, 1.54) is 0 Å². The number of aromatic nitrogens is 3. The van der Waals surface area contributed by atoms with E-state index in [0.29, 0.717) is 16.4 Å². The van der Waals surface area contributed by atoms with Crippen LogP contribution in [0.15, 0.2) is 71.9 Å². The van der Waals surface area contributed by atoms with Crippen LogP contribution in [-0.2, 0) is 6.54 Å². The monoisotopic (exact) mass is 450 g/mol. The molecule has 0 aliphatic heterocycles. The first-order valence-corrected chi connectivity index (χ1v) is 11.6. The Morgan fingerprint density at radius 3 is 2.71 bits per heavy atom. The summed E-state index contributed by atoms with van der Waals surface area (Å²) in [5.74, 6) is 1.48. The predicted molar refractivity (Wildman–Crippen MR) is 127 cm³/mol. The third-order valence-electron chi connectivity index (χ3n) is 4.94. The highest BCUT2D eigenvalue weighted by atomic mass is 35.5. The van der Waals surface area contributed by atoms with Crippen LogP contribution in [0.1, 0.15) is 35.9 Å². The van der Waals surface area contributed by atoms with Gasteiger partial charge >= 0.3 is 0 Å². The number of fused-ring (bicyclic) bond motifs is 1. The lowest BCUT2D eigenvalue weighted by molar-refractivity contribution is 0.0951. The molecule has 0 saturated heterocycles.